The number of aliphatic hydroxyl groups excluding tert-OH is 1. The fraction of sp³-hybridized carbons (Fsp3) is 0.348. The predicted octanol–water partition coefficient (Wildman–Crippen LogP) is 4.07. The van der Waals surface area contributed by atoms with Gasteiger partial charge in [-0.25, -0.2) is 0 Å². The highest BCUT2D eigenvalue weighted by molar-refractivity contribution is 9.10. The summed E-state index contributed by atoms with van der Waals surface area (Å²) in [4.78, 5) is 13.4. The third-order valence-electron chi connectivity index (χ3n) is 6.18. The molecule has 5 rings (SSSR count). The molecule has 2 aliphatic carbocycles. The molecule has 2 aromatic carbocycles. The summed E-state index contributed by atoms with van der Waals surface area (Å²) in [5.74, 6) is 0.748. The van der Waals surface area contributed by atoms with Crippen molar-refractivity contribution in [2.45, 2.75) is 37.9 Å². The molecule has 0 bridgehead atoms. The van der Waals surface area contributed by atoms with Crippen molar-refractivity contribution in [2.24, 2.45) is 0 Å². The van der Waals surface area contributed by atoms with Crippen LogP contribution < -0.4 is 4.74 Å². The number of carbonyl (C=O) groups excluding carboxylic acids is 1. The van der Waals surface area contributed by atoms with Crippen LogP contribution in [0, 0.1) is 0 Å². The first-order valence-electron chi connectivity index (χ1n) is 9.50. The van der Waals surface area contributed by atoms with Gasteiger partial charge in [-0.1, -0.05) is 35.8 Å². The van der Waals surface area contributed by atoms with Crippen molar-refractivity contribution in [3.05, 3.63) is 68.7 Å². The number of Topliss-reactive ketones (excluding diaryl/α,β-unsaturated/α-hetero) is 1. The Balaban J connectivity index is 1.56. The van der Waals surface area contributed by atoms with Crippen LogP contribution in [0.1, 0.15) is 40.9 Å². The van der Waals surface area contributed by atoms with Crippen molar-refractivity contribution in [2.75, 3.05) is 13.2 Å². The van der Waals surface area contributed by atoms with Crippen molar-refractivity contribution in [3.63, 3.8) is 0 Å². The summed E-state index contributed by atoms with van der Waals surface area (Å²) >= 11 is 3.54. The number of halogens is 1. The van der Waals surface area contributed by atoms with Crippen molar-refractivity contribution in [1.82, 2.24) is 0 Å². The summed E-state index contributed by atoms with van der Waals surface area (Å²) in [7, 11) is 0. The zero-order valence-electron chi connectivity index (χ0n) is 15.8. The molecule has 2 atom stereocenters. The smallest absolute Gasteiger partial charge is 0.193 e. The van der Waals surface area contributed by atoms with E-state index in [-0.39, 0.29) is 17.3 Å². The van der Waals surface area contributed by atoms with E-state index < -0.39 is 6.10 Å². The molecule has 28 heavy (non-hydrogen) atoms. The Kier molecular flexibility index (Phi) is 4.06. The first-order chi connectivity index (χ1) is 13.4. The minimum absolute atomic E-state index is 0.0844. The minimum Gasteiger partial charge on any atom is -0.485 e. The van der Waals surface area contributed by atoms with E-state index in [2.05, 4.69) is 35.8 Å². The quantitative estimate of drug-likeness (QED) is 0.764. The zero-order chi connectivity index (χ0) is 19.6. The molecule has 0 spiro atoms. The van der Waals surface area contributed by atoms with Gasteiger partial charge in [0, 0.05) is 21.0 Å². The number of ketones is 1. The standard InChI is InChI=1S/C23H21BrO4/c1-23(2)17-9-14(28-20-11-27-10-19(20)25)4-6-16(17)22(26)21-15-5-3-13(24)7-12(15)8-18(21)23/h3-7,9,19-20,25H,8,10-11H2,1-2H3/t19-,20?/m0/s1. The molecule has 144 valence electrons. The number of allylic oxidation sites excluding steroid dienone is 2. The number of fused-ring (bicyclic) bond motifs is 3. The molecule has 0 radical (unpaired) electrons. The van der Waals surface area contributed by atoms with E-state index >= 15 is 0 Å². The van der Waals surface area contributed by atoms with Crippen LogP contribution in [0.4, 0.5) is 0 Å². The van der Waals surface area contributed by atoms with Crippen molar-refractivity contribution in [3.8, 4) is 5.75 Å². The molecule has 1 fully saturated rings. The SMILES string of the molecule is CC1(C)C2=C(C(=O)c3ccc(OC4COC[C@@H]4O)cc31)c1ccc(Br)cc1C2. The van der Waals surface area contributed by atoms with E-state index in [1.807, 2.05) is 30.3 Å². The topological polar surface area (TPSA) is 55.8 Å². The van der Waals surface area contributed by atoms with Gasteiger partial charge < -0.3 is 14.6 Å². The summed E-state index contributed by atoms with van der Waals surface area (Å²) in [5, 5.41) is 9.96. The maximum atomic E-state index is 13.4. The van der Waals surface area contributed by atoms with Gasteiger partial charge >= 0.3 is 0 Å². The third kappa shape index (κ3) is 2.60. The molecule has 1 heterocycles. The molecule has 0 saturated carbocycles. The first-order valence-corrected chi connectivity index (χ1v) is 10.3. The van der Waals surface area contributed by atoms with Crippen LogP contribution >= 0.6 is 15.9 Å². The Bertz CT molecular complexity index is 1040. The highest BCUT2D eigenvalue weighted by atomic mass is 79.9. The van der Waals surface area contributed by atoms with E-state index in [1.165, 1.54) is 11.1 Å². The second-order valence-electron chi connectivity index (χ2n) is 8.25. The highest BCUT2D eigenvalue weighted by Crippen LogP contribution is 2.50. The second-order valence-corrected chi connectivity index (χ2v) is 9.17. The zero-order valence-corrected chi connectivity index (χ0v) is 17.4. The summed E-state index contributed by atoms with van der Waals surface area (Å²) in [6.07, 6.45) is -0.214. The van der Waals surface area contributed by atoms with Crippen LogP contribution in [-0.2, 0) is 16.6 Å². The lowest BCUT2D eigenvalue weighted by molar-refractivity contribution is 0.0732. The van der Waals surface area contributed by atoms with Crippen LogP contribution in [0.5, 0.6) is 5.75 Å². The maximum Gasteiger partial charge on any atom is 0.193 e. The fourth-order valence-corrected chi connectivity index (χ4v) is 5.01. The summed E-state index contributed by atoms with van der Waals surface area (Å²) in [6.45, 7) is 5.02. The van der Waals surface area contributed by atoms with Crippen molar-refractivity contribution in [1.29, 1.82) is 0 Å². The number of carbonyl (C=O) groups is 1. The molecule has 4 nitrogen and oxygen atoms in total. The molecular formula is C23H21BrO4. The number of rotatable bonds is 2. The molecule has 5 heteroatoms. The van der Waals surface area contributed by atoms with Gasteiger partial charge in [0.2, 0.25) is 0 Å². The van der Waals surface area contributed by atoms with E-state index in [1.54, 1.807) is 0 Å². The molecule has 0 aromatic heterocycles. The molecule has 1 unspecified atom stereocenters. The molecule has 2 aromatic rings. The van der Waals surface area contributed by atoms with Crippen molar-refractivity contribution >= 4 is 27.3 Å². The van der Waals surface area contributed by atoms with Gasteiger partial charge in [0.15, 0.2) is 5.78 Å². The highest BCUT2D eigenvalue weighted by Gasteiger charge is 2.43. The van der Waals surface area contributed by atoms with Gasteiger partial charge in [0.05, 0.1) is 13.2 Å². The number of aliphatic hydroxyl groups is 1. The van der Waals surface area contributed by atoms with Gasteiger partial charge in [0.25, 0.3) is 0 Å². The van der Waals surface area contributed by atoms with E-state index in [4.69, 9.17) is 9.47 Å². The lowest BCUT2D eigenvalue weighted by Crippen LogP contribution is -2.31. The molecular weight excluding hydrogens is 420 g/mol. The fourth-order valence-electron chi connectivity index (χ4n) is 4.61. The number of hydrogen-bond acceptors (Lipinski definition) is 4. The Morgan fingerprint density at radius 2 is 1.93 bits per heavy atom. The minimum atomic E-state index is -0.622. The maximum absolute atomic E-state index is 13.4. The predicted molar refractivity (Wildman–Crippen MR) is 110 cm³/mol. The normalized spacial score (nSPS) is 24.8. The molecule has 0 amide bonds. The Morgan fingerprint density at radius 1 is 1.14 bits per heavy atom. The number of hydrogen-bond donors (Lipinski definition) is 1. The number of benzene rings is 2. The van der Waals surface area contributed by atoms with Gasteiger partial charge in [0.1, 0.15) is 18.0 Å². The molecule has 1 saturated heterocycles. The van der Waals surface area contributed by atoms with E-state index in [9.17, 15) is 9.90 Å². The first kappa shape index (κ1) is 18.1. The lowest BCUT2D eigenvalue weighted by Gasteiger charge is -2.34. The average molecular weight is 441 g/mol. The van der Waals surface area contributed by atoms with Gasteiger partial charge in [-0.2, -0.15) is 0 Å². The van der Waals surface area contributed by atoms with E-state index in [0.717, 1.165) is 33.2 Å². The largest absolute Gasteiger partial charge is 0.485 e. The van der Waals surface area contributed by atoms with E-state index in [0.29, 0.717) is 19.0 Å². The average Bonchev–Trinajstić information content (AvgIpc) is 3.24. The van der Waals surface area contributed by atoms with Crippen LogP contribution in [-0.4, -0.2) is 36.3 Å². The van der Waals surface area contributed by atoms with Gasteiger partial charge in [-0.3, -0.25) is 4.79 Å². The van der Waals surface area contributed by atoms with Crippen LogP contribution in [0.15, 0.2) is 46.4 Å². The van der Waals surface area contributed by atoms with Crippen molar-refractivity contribution < 1.29 is 19.4 Å². The number of ether oxygens (including phenoxy) is 2. The molecule has 1 N–H and O–H groups in total. The Hall–Kier alpha value is -1.95. The summed E-state index contributed by atoms with van der Waals surface area (Å²) in [6, 6.07) is 11.8. The van der Waals surface area contributed by atoms with Crippen LogP contribution in [0.25, 0.3) is 5.57 Å². The Labute approximate surface area is 172 Å². The Morgan fingerprint density at radius 3 is 2.68 bits per heavy atom. The third-order valence-corrected chi connectivity index (χ3v) is 6.68. The lowest BCUT2D eigenvalue weighted by atomic mass is 9.68. The van der Waals surface area contributed by atoms with Crippen LogP contribution in [0.3, 0.4) is 0 Å². The second kappa shape index (κ2) is 6.28. The molecule has 3 aliphatic rings. The van der Waals surface area contributed by atoms with Gasteiger partial charge in [-0.05, 0) is 59.0 Å². The molecule has 1 aliphatic heterocycles. The summed E-state index contributed by atoms with van der Waals surface area (Å²) < 4.78 is 12.3. The summed E-state index contributed by atoms with van der Waals surface area (Å²) in [5.41, 5.74) is 5.69. The van der Waals surface area contributed by atoms with Crippen LogP contribution in [0.2, 0.25) is 0 Å². The monoisotopic (exact) mass is 440 g/mol. The van der Waals surface area contributed by atoms with Gasteiger partial charge in [-0.15, -0.1) is 0 Å².